The molecule has 0 fully saturated rings. The Labute approximate surface area is 108 Å². The van der Waals surface area contributed by atoms with Crippen molar-refractivity contribution in [2.45, 2.75) is 13.5 Å². The number of benzene rings is 1. The van der Waals surface area contributed by atoms with Crippen molar-refractivity contribution in [3.63, 3.8) is 0 Å². The van der Waals surface area contributed by atoms with E-state index >= 15 is 0 Å². The van der Waals surface area contributed by atoms with Crippen LogP contribution in [0.4, 0.5) is 0 Å². The zero-order valence-electron chi connectivity index (χ0n) is 10.0. The minimum absolute atomic E-state index is 0.280. The van der Waals surface area contributed by atoms with E-state index in [1.165, 1.54) is 0 Å². The van der Waals surface area contributed by atoms with Crippen molar-refractivity contribution in [2.24, 2.45) is 0 Å². The standard InChI is InChI=1S/C12H15NO4S/c1-9-2-4-10(5-3-9)6-13-11(14)7-18(17)8-12(15)16/h2-5H,6-8H2,1H3,(H,13,14)(H,15,16)/t18-/m0/s1. The second kappa shape index (κ2) is 6.90. The summed E-state index contributed by atoms with van der Waals surface area (Å²) in [4.78, 5) is 21.7. The first-order valence-electron chi connectivity index (χ1n) is 5.36. The molecule has 0 aliphatic rings. The van der Waals surface area contributed by atoms with E-state index in [-0.39, 0.29) is 5.75 Å². The summed E-state index contributed by atoms with van der Waals surface area (Å²) < 4.78 is 11.2. The number of hydrogen-bond acceptors (Lipinski definition) is 3. The lowest BCUT2D eigenvalue weighted by Crippen LogP contribution is -2.29. The molecular formula is C12H15NO4S. The molecule has 18 heavy (non-hydrogen) atoms. The highest BCUT2D eigenvalue weighted by molar-refractivity contribution is 7.86. The van der Waals surface area contributed by atoms with Crippen molar-refractivity contribution in [3.05, 3.63) is 35.4 Å². The van der Waals surface area contributed by atoms with Gasteiger partial charge in [0.15, 0.2) is 0 Å². The van der Waals surface area contributed by atoms with Crippen molar-refractivity contribution >= 4 is 22.7 Å². The second-order valence-electron chi connectivity index (χ2n) is 3.88. The summed E-state index contributed by atoms with van der Waals surface area (Å²) in [6.07, 6.45) is 0. The zero-order valence-corrected chi connectivity index (χ0v) is 10.8. The van der Waals surface area contributed by atoms with Crippen molar-refractivity contribution in [1.82, 2.24) is 5.32 Å². The molecule has 0 heterocycles. The van der Waals surface area contributed by atoms with Gasteiger partial charge in [0, 0.05) is 17.3 Å². The van der Waals surface area contributed by atoms with Crippen molar-refractivity contribution in [3.8, 4) is 0 Å². The zero-order chi connectivity index (χ0) is 13.5. The Morgan fingerprint density at radius 3 is 2.39 bits per heavy atom. The molecule has 98 valence electrons. The first kappa shape index (κ1) is 14.4. The van der Waals surface area contributed by atoms with E-state index in [0.717, 1.165) is 11.1 Å². The van der Waals surface area contributed by atoms with Crippen molar-refractivity contribution in [2.75, 3.05) is 11.5 Å². The molecule has 0 spiro atoms. The molecule has 0 aliphatic heterocycles. The van der Waals surface area contributed by atoms with Crippen molar-refractivity contribution < 1.29 is 18.9 Å². The Morgan fingerprint density at radius 2 is 1.83 bits per heavy atom. The number of amides is 1. The predicted molar refractivity (Wildman–Crippen MR) is 68.5 cm³/mol. The molecular weight excluding hydrogens is 254 g/mol. The maximum absolute atomic E-state index is 11.4. The van der Waals surface area contributed by atoms with Crippen LogP contribution in [0.25, 0.3) is 0 Å². The van der Waals surface area contributed by atoms with E-state index in [0.29, 0.717) is 6.54 Å². The number of rotatable bonds is 6. The van der Waals surface area contributed by atoms with Gasteiger partial charge in [-0.05, 0) is 12.5 Å². The van der Waals surface area contributed by atoms with Crippen molar-refractivity contribution in [1.29, 1.82) is 0 Å². The number of carbonyl (C=O) groups excluding carboxylic acids is 1. The highest BCUT2D eigenvalue weighted by Crippen LogP contribution is 2.02. The normalized spacial score (nSPS) is 11.8. The molecule has 1 aromatic carbocycles. The van der Waals surface area contributed by atoms with E-state index < -0.39 is 28.4 Å². The molecule has 0 radical (unpaired) electrons. The van der Waals surface area contributed by atoms with Crippen LogP contribution >= 0.6 is 0 Å². The molecule has 6 heteroatoms. The smallest absolute Gasteiger partial charge is 0.316 e. The van der Waals surface area contributed by atoms with Gasteiger partial charge in [-0.2, -0.15) is 0 Å². The van der Waals surface area contributed by atoms with E-state index in [4.69, 9.17) is 5.11 Å². The predicted octanol–water partition coefficient (Wildman–Crippen LogP) is 0.445. The lowest BCUT2D eigenvalue weighted by molar-refractivity contribution is -0.133. The minimum atomic E-state index is -1.65. The average Bonchev–Trinajstić information content (AvgIpc) is 2.27. The van der Waals surface area contributed by atoms with Crippen LogP contribution in [0.1, 0.15) is 11.1 Å². The van der Waals surface area contributed by atoms with Gasteiger partial charge in [-0.1, -0.05) is 29.8 Å². The monoisotopic (exact) mass is 269 g/mol. The van der Waals surface area contributed by atoms with E-state index in [2.05, 4.69) is 5.32 Å². The number of carbonyl (C=O) groups is 2. The highest BCUT2D eigenvalue weighted by Gasteiger charge is 2.10. The summed E-state index contributed by atoms with van der Waals surface area (Å²) in [7, 11) is -1.65. The number of hydrogen-bond donors (Lipinski definition) is 2. The third kappa shape index (κ3) is 5.58. The van der Waals surface area contributed by atoms with E-state index in [1.54, 1.807) is 0 Å². The molecule has 1 rings (SSSR count). The summed E-state index contributed by atoms with van der Waals surface area (Å²) in [5.74, 6) is -2.36. The number of aryl methyl sites for hydroxylation is 1. The number of aliphatic carboxylic acids is 1. The first-order chi connectivity index (χ1) is 8.47. The molecule has 0 unspecified atom stereocenters. The number of carboxylic acid groups (broad SMARTS) is 1. The fraction of sp³-hybridized carbons (Fsp3) is 0.333. The van der Waals surface area contributed by atoms with Crippen LogP contribution in [-0.4, -0.2) is 32.7 Å². The summed E-state index contributed by atoms with van der Waals surface area (Å²) >= 11 is 0. The summed E-state index contributed by atoms with van der Waals surface area (Å²) in [5, 5.41) is 11.0. The maximum Gasteiger partial charge on any atom is 0.316 e. The van der Waals surface area contributed by atoms with Gasteiger partial charge in [0.05, 0.1) is 0 Å². The van der Waals surface area contributed by atoms with Crippen LogP contribution in [0, 0.1) is 6.92 Å². The van der Waals surface area contributed by atoms with Gasteiger partial charge in [0.2, 0.25) is 5.91 Å². The first-order valence-corrected chi connectivity index (χ1v) is 6.85. The van der Waals surface area contributed by atoms with Gasteiger partial charge in [0.25, 0.3) is 0 Å². The summed E-state index contributed by atoms with van der Waals surface area (Å²) in [6, 6.07) is 7.65. The Morgan fingerprint density at radius 1 is 1.22 bits per heavy atom. The maximum atomic E-state index is 11.4. The van der Waals surface area contributed by atoms with Crippen LogP contribution < -0.4 is 5.32 Å². The van der Waals surface area contributed by atoms with Gasteiger partial charge in [-0.3, -0.25) is 13.8 Å². The molecule has 0 bridgehead atoms. The molecule has 5 nitrogen and oxygen atoms in total. The summed E-state index contributed by atoms with van der Waals surface area (Å²) in [6.45, 7) is 2.32. The van der Waals surface area contributed by atoms with Crippen LogP contribution in [0.5, 0.6) is 0 Å². The quantitative estimate of drug-likeness (QED) is 0.785. The Hall–Kier alpha value is -1.69. The van der Waals surface area contributed by atoms with Crippen LogP contribution in [0.3, 0.4) is 0 Å². The molecule has 1 aromatic rings. The van der Waals surface area contributed by atoms with E-state index in [9.17, 15) is 13.8 Å². The molecule has 0 saturated carbocycles. The average molecular weight is 269 g/mol. The van der Waals surface area contributed by atoms with Gasteiger partial charge in [0.1, 0.15) is 11.5 Å². The fourth-order valence-electron chi connectivity index (χ4n) is 1.29. The minimum Gasteiger partial charge on any atom is -0.481 e. The third-order valence-corrected chi connectivity index (χ3v) is 3.34. The van der Waals surface area contributed by atoms with Gasteiger partial charge >= 0.3 is 5.97 Å². The molecule has 1 atom stereocenters. The van der Waals surface area contributed by atoms with Gasteiger partial charge < -0.3 is 10.4 Å². The molecule has 2 N–H and O–H groups in total. The van der Waals surface area contributed by atoms with Crippen LogP contribution in [-0.2, 0) is 26.9 Å². The van der Waals surface area contributed by atoms with E-state index in [1.807, 2.05) is 31.2 Å². The van der Waals surface area contributed by atoms with Crippen LogP contribution in [0.15, 0.2) is 24.3 Å². The SMILES string of the molecule is Cc1ccc(CNC(=O)C[S@](=O)CC(=O)O)cc1. The molecule has 0 aliphatic carbocycles. The molecule has 1 amide bonds. The van der Waals surface area contributed by atoms with Crippen LogP contribution in [0.2, 0.25) is 0 Å². The fourth-order valence-corrected chi connectivity index (χ4v) is 2.06. The summed E-state index contributed by atoms with van der Waals surface area (Å²) in [5.41, 5.74) is 2.07. The lowest BCUT2D eigenvalue weighted by Gasteiger charge is -2.05. The number of nitrogens with one attached hydrogen (secondary N) is 1. The Balaban J connectivity index is 2.35. The second-order valence-corrected chi connectivity index (χ2v) is 5.34. The Bertz CT molecular complexity index is 456. The Kier molecular flexibility index (Phi) is 5.51. The lowest BCUT2D eigenvalue weighted by atomic mass is 10.1. The highest BCUT2D eigenvalue weighted by atomic mass is 32.2. The molecule has 0 aromatic heterocycles. The topological polar surface area (TPSA) is 83.5 Å². The van der Waals surface area contributed by atoms with Gasteiger partial charge in [-0.25, -0.2) is 0 Å². The molecule has 0 saturated heterocycles. The number of carboxylic acids is 1. The largest absolute Gasteiger partial charge is 0.481 e. The third-order valence-electron chi connectivity index (χ3n) is 2.19. The van der Waals surface area contributed by atoms with Gasteiger partial charge in [-0.15, -0.1) is 0 Å².